The van der Waals surface area contributed by atoms with Crippen molar-refractivity contribution in [2.75, 3.05) is 0 Å². The molecule has 2 heteroatoms. The number of aromatic nitrogens is 1. The predicted octanol–water partition coefficient (Wildman–Crippen LogP) is 1.51. The summed E-state index contributed by atoms with van der Waals surface area (Å²) in [5, 5.41) is 8.96. The van der Waals surface area contributed by atoms with Crippen molar-refractivity contribution in [1.29, 1.82) is 0 Å². The van der Waals surface area contributed by atoms with Crippen molar-refractivity contribution in [3.05, 3.63) is 29.6 Å². The first-order valence-electron chi connectivity index (χ1n) is 4.28. The minimum atomic E-state index is -0.356. The Labute approximate surface area is 78.6 Å². The van der Waals surface area contributed by atoms with E-state index in [0.29, 0.717) is 6.42 Å². The first-order valence-corrected chi connectivity index (χ1v) is 4.28. The SMILES string of the molecule is Cc1ccc(C#CC[C@@H](C)O)cn1. The first-order chi connectivity index (χ1) is 6.18. The van der Waals surface area contributed by atoms with Gasteiger partial charge in [-0.2, -0.15) is 0 Å². The van der Waals surface area contributed by atoms with Crippen LogP contribution in [0.15, 0.2) is 18.3 Å². The second kappa shape index (κ2) is 4.64. The van der Waals surface area contributed by atoms with Crippen LogP contribution in [0.25, 0.3) is 0 Å². The molecule has 0 aliphatic rings. The average Bonchev–Trinajstić information content (AvgIpc) is 2.08. The molecular formula is C11H13NO. The summed E-state index contributed by atoms with van der Waals surface area (Å²) in [6.45, 7) is 3.66. The summed E-state index contributed by atoms with van der Waals surface area (Å²) in [7, 11) is 0. The van der Waals surface area contributed by atoms with Gasteiger partial charge in [0.2, 0.25) is 0 Å². The molecule has 0 fully saturated rings. The molecule has 0 aliphatic carbocycles. The number of hydrogen-bond donors (Lipinski definition) is 1. The van der Waals surface area contributed by atoms with Crippen LogP contribution in [0.5, 0.6) is 0 Å². The van der Waals surface area contributed by atoms with Crippen LogP contribution in [-0.2, 0) is 0 Å². The molecule has 0 unspecified atom stereocenters. The third-order valence-electron chi connectivity index (χ3n) is 1.54. The molecule has 13 heavy (non-hydrogen) atoms. The summed E-state index contributed by atoms with van der Waals surface area (Å²) in [5.74, 6) is 5.81. The summed E-state index contributed by atoms with van der Waals surface area (Å²) in [4.78, 5) is 4.11. The maximum atomic E-state index is 8.96. The standard InChI is InChI=1S/C11H13NO/c1-9-6-7-11(8-12-9)5-3-4-10(2)13/h6-8,10,13H,4H2,1-2H3/t10-/m1/s1. The zero-order valence-electron chi connectivity index (χ0n) is 7.91. The lowest BCUT2D eigenvalue weighted by Crippen LogP contribution is -1.95. The van der Waals surface area contributed by atoms with Crippen molar-refractivity contribution >= 4 is 0 Å². The molecule has 0 radical (unpaired) electrons. The van der Waals surface area contributed by atoms with E-state index < -0.39 is 0 Å². The van der Waals surface area contributed by atoms with Crippen LogP contribution in [0.2, 0.25) is 0 Å². The molecule has 1 N–H and O–H groups in total. The molecule has 0 amide bonds. The van der Waals surface area contributed by atoms with Gasteiger partial charge in [0.15, 0.2) is 0 Å². The van der Waals surface area contributed by atoms with Crippen molar-refractivity contribution in [1.82, 2.24) is 4.98 Å². The number of rotatable bonds is 1. The van der Waals surface area contributed by atoms with Gasteiger partial charge in [0.1, 0.15) is 0 Å². The largest absolute Gasteiger partial charge is 0.392 e. The van der Waals surface area contributed by atoms with Crippen LogP contribution >= 0.6 is 0 Å². The maximum absolute atomic E-state index is 8.96. The van der Waals surface area contributed by atoms with Crippen molar-refractivity contribution in [2.24, 2.45) is 0 Å². The molecule has 1 aromatic rings. The smallest absolute Gasteiger partial charge is 0.0621 e. The van der Waals surface area contributed by atoms with Gasteiger partial charge in [-0.3, -0.25) is 4.98 Å². The van der Waals surface area contributed by atoms with E-state index in [1.165, 1.54) is 0 Å². The summed E-state index contributed by atoms with van der Waals surface area (Å²) >= 11 is 0. The second-order valence-electron chi connectivity index (χ2n) is 3.04. The zero-order valence-corrected chi connectivity index (χ0v) is 7.91. The van der Waals surface area contributed by atoms with E-state index in [1.54, 1.807) is 13.1 Å². The van der Waals surface area contributed by atoms with Gasteiger partial charge in [-0.1, -0.05) is 11.8 Å². The fourth-order valence-corrected chi connectivity index (χ4v) is 0.843. The van der Waals surface area contributed by atoms with Gasteiger partial charge in [0, 0.05) is 23.9 Å². The van der Waals surface area contributed by atoms with Crippen LogP contribution in [0, 0.1) is 18.8 Å². The van der Waals surface area contributed by atoms with Crippen LogP contribution in [0.1, 0.15) is 24.6 Å². The van der Waals surface area contributed by atoms with Gasteiger partial charge in [-0.15, -0.1) is 0 Å². The Morgan fingerprint density at radius 1 is 1.54 bits per heavy atom. The number of nitrogens with zero attached hydrogens (tertiary/aromatic N) is 1. The van der Waals surface area contributed by atoms with Gasteiger partial charge in [-0.25, -0.2) is 0 Å². The highest BCUT2D eigenvalue weighted by atomic mass is 16.3. The van der Waals surface area contributed by atoms with Crippen molar-refractivity contribution < 1.29 is 5.11 Å². The van der Waals surface area contributed by atoms with E-state index in [-0.39, 0.29) is 6.10 Å². The highest BCUT2D eigenvalue weighted by Gasteiger charge is 1.89. The summed E-state index contributed by atoms with van der Waals surface area (Å²) in [6.07, 6.45) is 1.89. The third kappa shape index (κ3) is 3.73. The predicted molar refractivity (Wildman–Crippen MR) is 52.1 cm³/mol. The molecule has 0 bridgehead atoms. The number of pyridine rings is 1. The minimum absolute atomic E-state index is 0.356. The molecule has 68 valence electrons. The quantitative estimate of drug-likeness (QED) is 0.656. The Hall–Kier alpha value is -1.33. The molecule has 0 spiro atoms. The minimum Gasteiger partial charge on any atom is -0.392 e. The van der Waals surface area contributed by atoms with E-state index in [2.05, 4.69) is 16.8 Å². The van der Waals surface area contributed by atoms with Gasteiger partial charge < -0.3 is 5.11 Å². The summed E-state index contributed by atoms with van der Waals surface area (Å²) < 4.78 is 0. The Kier molecular flexibility index (Phi) is 3.48. The third-order valence-corrected chi connectivity index (χ3v) is 1.54. The molecule has 0 aromatic carbocycles. The number of aryl methyl sites for hydroxylation is 1. The van der Waals surface area contributed by atoms with Crippen LogP contribution in [0.3, 0.4) is 0 Å². The lowest BCUT2D eigenvalue weighted by Gasteiger charge is -1.93. The van der Waals surface area contributed by atoms with Crippen LogP contribution in [-0.4, -0.2) is 16.2 Å². The molecule has 1 atom stereocenters. The normalized spacial score (nSPS) is 11.6. The van der Waals surface area contributed by atoms with E-state index in [9.17, 15) is 0 Å². The number of aliphatic hydroxyl groups excluding tert-OH is 1. The molecule has 0 saturated heterocycles. The number of aliphatic hydroxyl groups is 1. The van der Waals surface area contributed by atoms with Crippen molar-refractivity contribution in [3.8, 4) is 11.8 Å². The Morgan fingerprint density at radius 2 is 2.31 bits per heavy atom. The highest BCUT2D eigenvalue weighted by molar-refractivity contribution is 5.32. The molecule has 0 saturated carbocycles. The van der Waals surface area contributed by atoms with Crippen molar-refractivity contribution in [2.45, 2.75) is 26.4 Å². The van der Waals surface area contributed by atoms with Gasteiger partial charge in [0.05, 0.1) is 6.10 Å². The highest BCUT2D eigenvalue weighted by Crippen LogP contribution is 1.97. The fraction of sp³-hybridized carbons (Fsp3) is 0.364. The Balaban J connectivity index is 2.62. The molecular weight excluding hydrogens is 162 g/mol. The maximum Gasteiger partial charge on any atom is 0.0621 e. The lowest BCUT2D eigenvalue weighted by molar-refractivity contribution is 0.201. The van der Waals surface area contributed by atoms with Gasteiger partial charge >= 0.3 is 0 Å². The van der Waals surface area contributed by atoms with E-state index in [1.807, 2.05) is 19.1 Å². The Bertz CT molecular complexity index is 316. The zero-order chi connectivity index (χ0) is 9.68. The molecule has 0 aliphatic heterocycles. The second-order valence-corrected chi connectivity index (χ2v) is 3.04. The van der Waals surface area contributed by atoms with E-state index >= 15 is 0 Å². The van der Waals surface area contributed by atoms with Gasteiger partial charge in [-0.05, 0) is 26.0 Å². The molecule has 2 nitrogen and oxygen atoms in total. The van der Waals surface area contributed by atoms with Crippen molar-refractivity contribution in [3.63, 3.8) is 0 Å². The van der Waals surface area contributed by atoms with Gasteiger partial charge in [0.25, 0.3) is 0 Å². The van der Waals surface area contributed by atoms with Crippen LogP contribution < -0.4 is 0 Å². The average molecular weight is 175 g/mol. The molecule has 1 heterocycles. The number of hydrogen-bond acceptors (Lipinski definition) is 2. The first kappa shape index (κ1) is 9.76. The Morgan fingerprint density at radius 3 is 2.85 bits per heavy atom. The summed E-state index contributed by atoms with van der Waals surface area (Å²) in [6, 6.07) is 3.85. The lowest BCUT2D eigenvalue weighted by atomic mass is 10.2. The fourth-order valence-electron chi connectivity index (χ4n) is 0.843. The molecule has 1 rings (SSSR count). The van der Waals surface area contributed by atoms with E-state index in [0.717, 1.165) is 11.3 Å². The summed E-state index contributed by atoms with van der Waals surface area (Å²) in [5.41, 5.74) is 1.88. The van der Waals surface area contributed by atoms with E-state index in [4.69, 9.17) is 5.11 Å². The monoisotopic (exact) mass is 175 g/mol. The topological polar surface area (TPSA) is 33.1 Å². The molecule has 1 aromatic heterocycles. The van der Waals surface area contributed by atoms with Crippen LogP contribution in [0.4, 0.5) is 0 Å².